The maximum atomic E-state index is 5.97. The first-order valence-electron chi connectivity index (χ1n) is 7.39. The third-order valence-electron chi connectivity index (χ3n) is 3.76. The van der Waals surface area contributed by atoms with Crippen molar-refractivity contribution in [2.24, 2.45) is 0 Å². The number of likely N-dealkylation sites (N-methyl/N-ethyl adjacent to an activating group) is 1. The van der Waals surface area contributed by atoms with Gasteiger partial charge >= 0.3 is 0 Å². The van der Waals surface area contributed by atoms with Crippen molar-refractivity contribution < 1.29 is 4.42 Å². The first-order valence-corrected chi connectivity index (χ1v) is 7.39. The standard InChI is InChI=1S/C15H27N3O/c1-4-5-16-11-15-13(2)10-14(19-15)12-18-8-6-17(3)7-9-18/h10,16H,4-9,11-12H2,1-3H3. The van der Waals surface area contributed by atoms with Crippen molar-refractivity contribution in [3.63, 3.8) is 0 Å². The Bertz CT molecular complexity index is 381. The molecule has 2 rings (SSSR count). The van der Waals surface area contributed by atoms with E-state index < -0.39 is 0 Å². The SMILES string of the molecule is CCCNCc1oc(CN2CCN(C)CC2)cc1C. The maximum absolute atomic E-state index is 5.97. The largest absolute Gasteiger partial charge is 0.463 e. The smallest absolute Gasteiger partial charge is 0.120 e. The van der Waals surface area contributed by atoms with Crippen LogP contribution in [0.3, 0.4) is 0 Å². The fourth-order valence-electron chi connectivity index (χ4n) is 2.45. The molecule has 108 valence electrons. The molecule has 1 aliphatic heterocycles. The van der Waals surface area contributed by atoms with Gasteiger partial charge < -0.3 is 14.6 Å². The van der Waals surface area contributed by atoms with E-state index in [1.165, 1.54) is 5.56 Å². The summed E-state index contributed by atoms with van der Waals surface area (Å²) in [6.07, 6.45) is 1.16. The Balaban J connectivity index is 1.85. The molecule has 4 heteroatoms. The van der Waals surface area contributed by atoms with E-state index in [2.05, 4.69) is 42.1 Å². The molecule has 0 saturated carbocycles. The van der Waals surface area contributed by atoms with E-state index in [0.29, 0.717) is 0 Å². The van der Waals surface area contributed by atoms with Crippen LogP contribution >= 0.6 is 0 Å². The number of aryl methyl sites for hydroxylation is 1. The number of hydrogen-bond donors (Lipinski definition) is 1. The monoisotopic (exact) mass is 265 g/mol. The highest BCUT2D eigenvalue weighted by molar-refractivity contribution is 5.20. The highest BCUT2D eigenvalue weighted by Crippen LogP contribution is 2.17. The van der Waals surface area contributed by atoms with Crippen molar-refractivity contribution in [3.8, 4) is 0 Å². The lowest BCUT2D eigenvalue weighted by Gasteiger charge is -2.31. The number of furan rings is 1. The molecular weight excluding hydrogens is 238 g/mol. The molecule has 0 bridgehead atoms. The molecule has 19 heavy (non-hydrogen) atoms. The topological polar surface area (TPSA) is 31.7 Å². The van der Waals surface area contributed by atoms with E-state index in [1.807, 2.05) is 0 Å². The lowest BCUT2D eigenvalue weighted by Crippen LogP contribution is -2.43. The van der Waals surface area contributed by atoms with E-state index >= 15 is 0 Å². The van der Waals surface area contributed by atoms with Gasteiger partial charge in [0.25, 0.3) is 0 Å². The van der Waals surface area contributed by atoms with Gasteiger partial charge in [-0.1, -0.05) is 6.92 Å². The Morgan fingerprint density at radius 3 is 2.68 bits per heavy atom. The zero-order valence-electron chi connectivity index (χ0n) is 12.5. The van der Waals surface area contributed by atoms with Gasteiger partial charge in [-0.25, -0.2) is 0 Å². The summed E-state index contributed by atoms with van der Waals surface area (Å²) in [7, 11) is 2.19. The van der Waals surface area contributed by atoms with Crippen LogP contribution in [0, 0.1) is 6.92 Å². The van der Waals surface area contributed by atoms with Crippen molar-refractivity contribution in [3.05, 3.63) is 23.2 Å². The molecule has 1 N–H and O–H groups in total. The molecule has 2 heterocycles. The Labute approximate surface area is 116 Å². The van der Waals surface area contributed by atoms with E-state index in [0.717, 1.165) is 63.8 Å². The van der Waals surface area contributed by atoms with Gasteiger partial charge in [-0.05, 0) is 38.6 Å². The van der Waals surface area contributed by atoms with Gasteiger partial charge in [-0.3, -0.25) is 4.90 Å². The molecule has 0 aromatic carbocycles. The lowest BCUT2D eigenvalue weighted by atomic mass is 10.2. The molecule has 4 nitrogen and oxygen atoms in total. The summed E-state index contributed by atoms with van der Waals surface area (Å²) in [5, 5.41) is 3.40. The molecule has 0 amide bonds. The lowest BCUT2D eigenvalue weighted by molar-refractivity contribution is 0.139. The Hall–Kier alpha value is -0.840. The molecular formula is C15H27N3O. The molecule has 1 saturated heterocycles. The van der Waals surface area contributed by atoms with Crippen LogP contribution in [-0.2, 0) is 13.1 Å². The minimum atomic E-state index is 0.850. The number of hydrogen-bond acceptors (Lipinski definition) is 4. The summed E-state index contributed by atoms with van der Waals surface area (Å²) in [6, 6.07) is 2.20. The van der Waals surface area contributed by atoms with E-state index in [1.54, 1.807) is 0 Å². The van der Waals surface area contributed by atoms with Crippen LogP contribution in [0.4, 0.5) is 0 Å². The van der Waals surface area contributed by atoms with Crippen LogP contribution in [0.25, 0.3) is 0 Å². The fraction of sp³-hybridized carbons (Fsp3) is 0.733. The molecule has 1 aromatic rings. The third-order valence-corrected chi connectivity index (χ3v) is 3.76. The minimum Gasteiger partial charge on any atom is -0.463 e. The molecule has 0 radical (unpaired) electrons. The second-order valence-corrected chi connectivity index (χ2v) is 5.58. The summed E-state index contributed by atoms with van der Waals surface area (Å²) in [5.74, 6) is 2.20. The average molecular weight is 265 g/mol. The van der Waals surface area contributed by atoms with Gasteiger partial charge in [0.15, 0.2) is 0 Å². The summed E-state index contributed by atoms with van der Waals surface area (Å²) in [6.45, 7) is 11.8. The van der Waals surface area contributed by atoms with Crippen LogP contribution in [0.5, 0.6) is 0 Å². The summed E-state index contributed by atoms with van der Waals surface area (Å²) < 4.78 is 5.97. The second-order valence-electron chi connectivity index (χ2n) is 5.58. The van der Waals surface area contributed by atoms with Crippen molar-refractivity contribution in [2.45, 2.75) is 33.4 Å². The van der Waals surface area contributed by atoms with Gasteiger partial charge in [-0.15, -0.1) is 0 Å². The summed E-state index contributed by atoms with van der Waals surface area (Å²) in [5.41, 5.74) is 1.27. The molecule has 1 aromatic heterocycles. The van der Waals surface area contributed by atoms with Crippen LogP contribution in [0.15, 0.2) is 10.5 Å². The third kappa shape index (κ3) is 4.34. The van der Waals surface area contributed by atoms with Crippen molar-refractivity contribution >= 4 is 0 Å². The molecule has 0 atom stereocenters. The second kappa shape index (κ2) is 7.08. The number of nitrogens with zero attached hydrogens (tertiary/aromatic N) is 2. The van der Waals surface area contributed by atoms with Crippen LogP contribution in [0.2, 0.25) is 0 Å². The van der Waals surface area contributed by atoms with Crippen LogP contribution < -0.4 is 5.32 Å². The fourth-order valence-corrected chi connectivity index (χ4v) is 2.45. The van der Waals surface area contributed by atoms with Gasteiger partial charge in [0.2, 0.25) is 0 Å². The van der Waals surface area contributed by atoms with Crippen LogP contribution in [0.1, 0.15) is 30.4 Å². The predicted molar refractivity (Wildman–Crippen MR) is 78.2 cm³/mol. The highest BCUT2D eigenvalue weighted by Gasteiger charge is 2.16. The van der Waals surface area contributed by atoms with Crippen molar-refractivity contribution in [1.82, 2.24) is 15.1 Å². The Kier molecular flexibility index (Phi) is 5.43. The first kappa shape index (κ1) is 14.6. The maximum Gasteiger partial charge on any atom is 0.120 e. The summed E-state index contributed by atoms with van der Waals surface area (Å²) >= 11 is 0. The summed E-state index contributed by atoms with van der Waals surface area (Å²) in [4.78, 5) is 4.85. The highest BCUT2D eigenvalue weighted by atomic mass is 16.3. The van der Waals surface area contributed by atoms with Gasteiger partial charge in [-0.2, -0.15) is 0 Å². The molecule has 1 aliphatic rings. The molecule has 0 spiro atoms. The van der Waals surface area contributed by atoms with Gasteiger partial charge in [0, 0.05) is 26.2 Å². The molecule has 0 unspecified atom stereocenters. The normalized spacial score (nSPS) is 18.1. The quantitative estimate of drug-likeness (QED) is 0.795. The number of rotatable bonds is 6. The Morgan fingerprint density at radius 2 is 2.00 bits per heavy atom. The minimum absolute atomic E-state index is 0.850. The number of piperazine rings is 1. The first-order chi connectivity index (χ1) is 9.19. The molecule has 1 fully saturated rings. The van der Waals surface area contributed by atoms with Gasteiger partial charge in [0.05, 0.1) is 13.1 Å². The van der Waals surface area contributed by atoms with E-state index in [9.17, 15) is 0 Å². The molecule has 0 aliphatic carbocycles. The van der Waals surface area contributed by atoms with Gasteiger partial charge in [0.1, 0.15) is 11.5 Å². The zero-order valence-corrected chi connectivity index (χ0v) is 12.5. The van der Waals surface area contributed by atoms with Crippen LogP contribution in [-0.4, -0.2) is 49.6 Å². The number of nitrogens with one attached hydrogen (secondary N) is 1. The van der Waals surface area contributed by atoms with Crippen molar-refractivity contribution in [1.29, 1.82) is 0 Å². The van der Waals surface area contributed by atoms with E-state index in [4.69, 9.17) is 4.42 Å². The average Bonchev–Trinajstić information content (AvgIpc) is 2.73. The predicted octanol–water partition coefficient (Wildman–Crippen LogP) is 1.84. The Morgan fingerprint density at radius 1 is 1.26 bits per heavy atom. The van der Waals surface area contributed by atoms with Crippen molar-refractivity contribution in [2.75, 3.05) is 39.8 Å². The van der Waals surface area contributed by atoms with E-state index in [-0.39, 0.29) is 0 Å². The zero-order chi connectivity index (χ0) is 13.7.